The van der Waals surface area contributed by atoms with E-state index in [2.05, 4.69) is 0 Å². The van der Waals surface area contributed by atoms with E-state index in [1.54, 1.807) is 38.1 Å². The first-order chi connectivity index (χ1) is 10.6. The van der Waals surface area contributed by atoms with E-state index in [0.29, 0.717) is 25.0 Å². The van der Waals surface area contributed by atoms with Gasteiger partial charge in [0.2, 0.25) is 0 Å². The summed E-state index contributed by atoms with van der Waals surface area (Å²) in [5, 5.41) is 0. The molecule has 0 spiro atoms. The van der Waals surface area contributed by atoms with Crippen molar-refractivity contribution in [1.82, 2.24) is 0 Å². The van der Waals surface area contributed by atoms with Crippen molar-refractivity contribution in [3.05, 3.63) is 35.9 Å². The molecule has 0 aromatic heterocycles. The van der Waals surface area contributed by atoms with E-state index in [1.165, 1.54) is 0 Å². The molecule has 1 aromatic rings. The number of ether oxygens (including phenoxy) is 3. The molecule has 120 valence electrons. The van der Waals surface area contributed by atoms with Gasteiger partial charge in [0.25, 0.3) is 0 Å². The molecular weight excluding hydrogens is 284 g/mol. The minimum Gasteiger partial charge on any atom is -0.465 e. The zero-order chi connectivity index (χ0) is 16.0. The molecule has 1 fully saturated rings. The number of benzene rings is 1. The molecule has 1 heterocycles. The summed E-state index contributed by atoms with van der Waals surface area (Å²) in [5.41, 5.74) is -0.813. The molecule has 1 saturated heterocycles. The molecule has 0 radical (unpaired) electrons. The van der Waals surface area contributed by atoms with Gasteiger partial charge in [-0.25, -0.2) is 0 Å². The van der Waals surface area contributed by atoms with Crippen molar-refractivity contribution >= 4 is 11.9 Å². The molecule has 0 bridgehead atoms. The number of rotatable bonds is 8. The maximum atomic E-state index is 12.7. The van der Waals surface area contributed by atoms with E-state index in [1.807, 2.05) is 6.07 Å². The second-order valence-corrected chi connectivity index (χ2v) is 5.21. The van der Waals surface area contributed by atoms with Crippen molar-refractivity contribution in [2.45, 2.75) is 38.2 Å². The van der Waals surface area contributed by atoms with Gasteiger partial charge in [0.1, 0.15) is 0 Å². The molecule has 0 N–H and O–H groups in total. The van der Waals surface area contributed by atoms with Gasteiger partial charge < -0.3 is 14.2 Å². The van der Waals surface area contributed by atoms with E-state index in [0.717, 1.165) is 0 Å². The molecule has 0 aliphatic carbocycles. The molecular formula is C17H22O5. The van der Waals surface area contributed by atoms with Crippen LogP contribution in [-0.4, -0.2) is 37.9 Å². The lowest BCUT2D eigenvalue weighted by atomic mass is 9.76. The van der Waals surface area contributed by atoms with E-state index >= 15 is 0 Å². The van der Waals surface area contributed by atoms with E-state index in [9.17, 15) is 9.59 Å². The smallest absolute Gasteiger partial charge is 0.328 e. The minimum atomic E-state index is -1.42. The van der Waals surface area contributed by atoms with Crippen molar-refractivity contribution in [3.8, 4) is 0 Å². The quantitative estimate of drug-likeness (QED) is 0.418. The van der Waals surface area contributed by atoms with Crippen molar-refractivity contribution in [2.24, 2.45) is 0 Å². The highest BCUT2D eigenvalue weighted by Gasteiger charge is 2.51. The number of carbonyl (C=O) groups is 2. The van der Waals surface area contributed by atoms with Gasteiger partial charge in [0.15, 0.2) is 5.41 Å². The fourth-order valence-corrected chi connectivity index (χ4v) is 2.51. The summed E-state index contributed by atoms with van der Waals surface area (Å²) >= 11 is 0. The molecule has 0 saturated carbocycles. The van der Waals surface area contributed by atoms with Gasteiger partial charge in [-0.1, -0.05) is 30.3 Å². The Morgan fingerprint density at radius 3 is 2.14 bits per heavy atom. The van der Waals surface area contributed by atoms with Crippen LogP contribution in [0.3, 0.4) is 0 Å². The lowest BCUT2D eigenvalue weighted by Gasteiger charge is -2.29. The minimum absolute atomic E-state index is 0.118. The molecule has 1 aliphatic heterocycles. The standard InChI is InChI=1S/C17H22O5/c1-3-20-15(18)17(16(19)21-4-2,11-10-14-12-22-14)13-8-6-5-7-9-13/h5-9,14H,3-4,10-12H2,1-2H3. The Bertz CT molecular complexity index is 489. The van der Waals surface area contributed by atoms with Crippen LogP contribution >= 0.6 is 0 Å². The highest BCUT2D eigenvalue weighted by atomic mass is 16.6. The highest BCUT2D eigenvalue weighted by Crippen LogP contribution is 2.35. The molecule has 1 unspecified atom stereocenters. The zero-order valence-corrected chi connectivity index (χ0v) is 13.0. The second kappa shape index (κ2) is 7.40. The predicted octanol–water partition coefficient (Wildman–Crippen LogP) is 2.23. The Morgan fingerprint density at radius 2 is 1.68 bits per heavy atom. The summed E-state index contributed by atoms with van der Waals surface area (Å²) in [6, 6.07) is 8.98. The van der Waals surface area contributed by atoms with E-state index in [4.69, 9.17) is 14.2 Å². The summed E-state index contributed by atoms with van der Waals surface area (Å²) in [4.78, 5) is 25.3. The summed E-state index contributed by atoms with van der Waals surface area (Å²) < 4.78 is 15.6. The number of hydrogen-bond donors (Lipinski definition) is 0. The fourth-order valence-electron chi connectivity index (χ4n) is 2.51. The molecule has 2 rings (SSSR count). The van der Waals surface area contributed by atoms with Crippen LogP contribution in [-0.2, 0) is 29.2 Å². The van der Waals surface area contributed by atoms with E-state index < -0.39 is 17.4 Å². The fraction of sp³-hybridized carbons (Fsp3) is 0.529. The van der Waals surface area contributed by atoms with Crippen molar-refractivity contribution < 1.29 is 23.8 Å². The Morgan fingerprint density at radius 1 is 1.14 bits per heavy atom. The van der Waals surface area contributed by atoms with Crippen LogP contribution in [0, 0.1) is 0 Å². The van der Waals surface area contributed by atoms with Gasteiger partial charge in [-0.3, -0.25) is 9.59 Å². The Balaban J connectivity index is 2.40. The highest BCUT2D eigenvalue weighted by molar-refractivity contribution is 6.06. The average Bonchev–Trinajstić information content (AvgIpc) is 3.34. The first-order valence-corrected chi connectivity index (χ1v) is 7.66. The normalized spacial score (nSPS) is 16.9. The Kier molecular flexibility index (Phi) is 5.55. The lowest BCUT2D eigenvalue weighted by molar-refractivity contribution is -0.165. The summed E-state index contributed by atoms with van der Waals surface area (Å²) in [7, 11) is 0. The third-order valence-electron chi connectivity index (χ3n) is 3.76. The number of esters is 2. The molecule has 22 heavy (non-hydrogen) atoms. The Labute approximate surface area is 130 Å². The van der Waals surface area contributed by atoms with Gasteiger partial charge in [-0.2, -0.15) is 0 Å². The number of epoxide rings is 1. The summed E-state index contributed by atoms with van der Waals surface area (Å²) in [6.07, 6.45) is 1.05. The van der Waals surface area contributed by atoms with Crippen molar-refractivity contribution in [2.75, 3.05) is 19.8 Å². The third kappa shape index (κ3) is 3.47. The van der Waals surface area contributed by atoms with Crippen molar-refractivity contribution in [1.29, 1.82) is 0 Å². The molecule has 1 atom stereocenters. The maximum Gasteiger partial charge on any atom is 0.328 e. The monoisotopic (exact) mass is 306 g/mol. The molecule has 1 aliphatic rings. The van der Waals surface area contributed by atoms with Gasteiger partial charge in [-0.15, -0.1) is 0 Å². The topological polar surface area (TPSA) is 65.1 Å². The maximum absolute atomic E-state index is 12.7. The van der Waals surface area contributed by atoms with E-state index in [-0.39, 0.29) is 19.3 Å². The number of carbonyl (C=O) groups excluding carboxylic acids is 2. The van der Waals surface area contributed by atoms with Gasteiger partial charge in [-0.05, 0) is 32.3 Å². The predicted molar refractivity (Wildman–Crippen MR) is 80.4 cm³/mol. The van der Waals surface area contributed by atoms with Crippen LogP contribution < -0.4 is 0 Å². The third-order valence-corrected chi connectivity index (χ3v) is 3.76. The molecule has 5 nitrogen and oxygen atoms in total. The first-order valence-electron chi connectivity index (χ1n) is 7.66. The Hall–Kier alpha value is -1.88. The summed E-state index contributed by atoms with van der Waals surface area (Å²) in [5.74, 6) is -1.11. The van der Waals surface area contributed by atoms with Crippen LogP contribution in [0.1, 0.15) is 32.3 Å². The van der Waals surface area contributed by atoms with Crippen LogP contribution in [0.15, 0.2) is 30.3 Å². The zero-order valence-electron chi connectivity index (χ0n) is 13.0. The molecule has 0 amide bonds. The second-order valence-electron chi connectivity index (χ2n) is 5.21. The van der Waals surface area contributed by atoms with Gasteiger partial charge in [0, 0.05) is 0 Å². The lowest BCUT2D eigenvalue weighted by Crippen LogP contribution is -2.46. The van der Waals surface area contributed by atoms with Crippen LogP contribution in [0.5, 0.6) is 0 Å². The SMILES string of the molecule is CCOC(=O)C(CCC1CO1)(C(=O)OCC)c1ccccc1. The summed E-state index contributed by atoms with van der Waals surface area (Å²) in [6.45, 7) is 4.56. The van der Waals surface area contributed by atoms with Gasteiger partial charge >= 0.3 is 11.9 Å². The van der Waals surface area contributed by atoms with Crippen LogP contribution in [0.4, 0.5) is 0 Å². The largest absolute Gasteiger partial charge is 0.465 e. The molecule has 1 aromatic carbocycles. The van der Waals surface area contributed by atoms with Crippen molar-refractivity contribution in [3.63, 3.8) is 0 Å². The van der Waals surface area contributed by atoms with Crippen LogP contribution in [0.2, 0.25) is 0 Å². The number of hydrogen-bond acceptors (Lipinski definition) is 5. The van der Waals surface area contributed by atoms with Crippen LogP contribution in [0.25, 0.3) is 0 Å². The van der Waals surface area contributed by atoms with Gasteiger partial charge in [0.05, 0.1) is 25.9 Å². The first kappa shape index (κ1) is 16.5. The average molecular weight is 306 g/mol. The molecule has 5 heteroatoms.